The van der Waals surface area contributed by atoms with Crippen LogP contribution in [0.3, 0.4) is 0 Å². The minimum absolute atomic E-state index is 0.351. The van der Waals surface area contributed by atoms with E-state index in [9.17, 15) is 29.6 Å². The van der Waals surface area contributed by atoms with Crippen molar-refractivity contribution in [2.45, 2.75) is 49.1 Å². The van der Waals surface area contributed by atoms with Gasteiger partial charge in [0.05, 0.1) is 25.9 Å². The molecule has 6 N–H and O–H groups in total. The van der Waals surface area contributed by atoms with Crippen molar-refractivity contribution < 1.29 is 48.1 Å². The Kier molecular flexibility index (Phi) is 11.1. The second-order valence-corrected chi connectivity index (χ2v) is 13.8. The first-order valence-electron chi connectivity index (χ1n) is 14.2. The minimum atomic E-state index is -2.38. The van der Waals surface area contributed by atoms with E-state index in [4.69, 9.17) is 18.5 Å². The molecule has 0 spiro atoms. The van der Waals surface area contributed by atoms with Gasteiger partial charge in [-0.2, -0.15) is 0 Å². The second kappa shape index (κ2) is 15.3. The average Bonchev–Trinajstić information content (AvgIpc) is 3.83. The van der Waals surface area contributed by atoms with Crippen LogP contribution in [0.15, 0.2) is 37.5 Å². The highest BCUT2D eigenvalue weighted by molar-refractivity contribution is 8.39. The standard InChI is InChI=1S/C24H28N10O10P2S2/c35-5-11-15(37)18(44-46(40)48)24(41-11)34-10-32-14-20(28-8-30-22(14)34)26-4-2-1-3-25-19-13-21(29-7-27-19)33(9-31-13)23-16(38)17(43-45(39)47)12(6-36)42-23/h1-2,7-12,15-18,23-24,35-38H,3-6H2,(H2-2,25,26,27,28,29,30,39,40,47,48)/p+2/b2-1+/t11-,12?,15-,16-,17-,18?,23-,24-/m1/s1. The van der Waals surface area contributed by atoms with Crippen LogP contribution >= 0.6 is 39.0 Å². The number of nitrogens with zero attached hydrogens (tertiary/aromatic N) is 8. The van der Waals surface area contributed by atoms with Gasteiger partial charge in [0.2, 0.25) is 0 Å². The molecule has 0 aromatic carbocycles. The monoisotopic (exact) mass is 744 g/mol. The lowest BCUT2D eigenvalue weighted by Crippen LogP contribution is -2.34. The van der Waals surface area contributed by atoms with Crippen molar-refractivity contribution in [1.29, 1.82) is 0 Å². The maximum atomic E-state index is 11.7. The third-order valence-electron chi connectivity index (χ3n) is 7.61. The lowest BCUT2D eigenvalue weighted by molar-refractivity contribution is -0.0502. The highest BCUT2D eigenvalue weighted by Crippen LogP contribution is 2.42. The lowest BCUT2D eigenvalue weighted by Gasteiger charge is -2.16. The summed E-state index contributed by atoms with van der Waals surface area (Å²) in [6.45, 7) is -0.239. The number of aromatic nitrogens is 8. The molecule has 0 aliphatic carbocycles. The molecule has 10 atom stereocenters. The summed E-state index contributed by atoms with van der Waals surface area (Å²) in [6.07, 6.45) is 0.571. The topological polar surface area (TPSA) is 263 Å². The zero-order valence-electron chi connectivity index (χ0n) is 24.5. The molecule has 4 aromatic rings. The summed E-state index contributed by atoms with van der Waals surface area (Å²) in [6, 6.07) is 0. The van der Waals surface area contributed by atoms with Crippen LogP contribution in [0.2, 0.25) is 0 Å². The summed E-state index contributed by atoms with van der Waals surface area (Å²) in [5.74, 6) is 0.840. The molecule has 4 aromatic heterocycles. The number of hydrogen-bond acceptors (Lipinski definition) is 18. The SMILES string of the molecule is O=[P+](S)OC1[C@H](n2cnc3c(NC/C=C/CNc4ncnc5c4ncn5[C@@H]4OC(CO)[C@@H](O[P+](=O)S)[C@H]4O)ncnc32)O[C@H](CO)[C@H]1O. The van der Waals surface area contributed by atoms with Gasteiger partial charge in [-0.05, 0) is 9.13 Å². The van der Waals surface area contributed by atoms with Crippen LogP contribution in [-0.4, -0.2) is 122 Å². The molecule has 2 aliphatic heterocycles. The molecular weight excluding hydrogens is 714 g/mol. The molecule has 4 unspecified atom stereocenters. The number of thiol groups is 2. The predicted octanol–water partition coefficient (Wildman–Crippen LogP) is 0.492. The fourth-order valence-corrected chi connectivity index (χ4v) is 7.01. The van der Waals surface area contributed by atoms with E-state index in [1.807, 2.05) is 12.2 Å². The van der Waals surface area contributed by atoms with Gasteiger partial charge < -0.3 is 40.5 Å². The fraction of sp³-hybridized carbons (Fsp3) is 0.500. The zero-order valence-corrected chi connectivity index (χ0v) is 28.1. The summed E-state index contributed by atoms with van der Waals surface area (Å²) in [7, 11) is -4.73. The van der Waals surface area contributed by atoms with Crippen LogP contribution < -0.4 is 10.6 Å². The molecule has 0 amide bonds. The molecule has 0 saturated carbocycles. The Hall–Kier alpha value is -2.98. The Labute approximate surface area is 283 Å². The van der Waals surface area contributed by atoms with Gasteiger partial charge in [0, 0.05) is 13.1 Å². The number of nitrogens with one attached hydrogen (secondary N) is 2. The van der Waals surface area contributed by atoms with Gasteiger partial charge >= 0.3 is 14.5 Å². The normalized spacial score (nSPS) is 28.1. The zero-order chi connectivity index (χ0) is 33.9. The highest BCUT2D eigenvalue weighted by Gasteiger charge is 2.51. The quantitative estimate of drug-likeness (QED) is 0.0496. The smallest absolute Gasteiger partial charge is 0.394 e. The van der Waals surface area contributed by atoms with Crippen molar-refractivity contribution in [3.05, 3.63) is 37.5 Å². The number of ether oxygens (including phenoxy) is 2. The summed E-state index contributed by atoms with van der Waals surface area (Å²) in [4.78, 5) is 25.8. The van der Waals surface area contributed by atoms with Gasteiger partial charge in [-0.1, -0.05) is 12.2 Å². The number of aliphatic hydroxyl groups excluding tert-OH is 4. The largest absolute Gasteiger partial charge is 0.582 e. The van der Waals surface area contributed by atoms with E-state index in [0.717, 1.165) is 0 Å². The lowest BCUT2D eigenvalue weighted by atomic mass is 10.1. The van der Waals surface area contributed by atoms with Gasteiger partial charge in [0.1, 0.15) is 61.6 Å². The van der Waals surface area contributed by atoms with Crippen molar-refractivity contribution in [2.24, 2.45) is 0 Å². The van der Waals surface area contributed by atoms with Crippen molar-refractivity contribution in [2.75, 3.05) is 36.9 Å². The fourth-order valence-electron chi connectivity index (χ4n) is 5.45. The molecule has 256 valence electrons. The third-order valence-corrected chi connectivity index (χ3v) is 9.03. The summed E-state index contributed by atoms with van der Waals surface area (Å²) < 4.78 is 48.1. The maximum absolute atomic E-state index is 11.7. The van der Waals surface area contributed by atoms with Crippen LogP contribution in [0.25, 0.3) is 22.3 Å². The Morgan fingerprint density at radius 2 is 1.25 bits per heavy atom. The van der Waals surface area contributed by atoms with Gasteiger partial charge in [0.15, 0.2) is 58.6 Å². The van der Waals surface area contributed by atoms with E-state index in [2.05, 4.69) is 65.0 Å². The first-order valence-corrected chi connectivity index (χ1v) is 18.9. The van der Waals surface area contributed by atoms with Crippen molar-refractivity contribution >= 4 is 72.9 Å². The number of anilines is 2. The molecule has 6 heterocycles. The predicted molar refractivity (Wildman–Crippen MR) is 174 cm³/mol. The van der Waals surface area contributed by atoms with E-state index >= 15 is 0 Å². The van der Waals surface area contributed by atoms with E-state index in [1.54, 1.807) is 0 Å². The van der Waals surface area contributed by atoms with Crippen LogP contribution in [-0.2, 0) is 27.7 Å². The maximum Gasteiger partial charge on any atom is 0.582 e. The van der Waals surface area contributed by atoms with E-state index < -0.39 is 76.8 Å². The van der Waals surface area contributed by atoms with Gasteiger partial charge in [-0.3, -0.25) is 9.13 Å². The number of aliphatic hydroxyl groups is 4. The number of imidazole rings is 2. The Morgan fingerprint density at radius 3 is 1.77 bits per heavy atom. The first-order chi connectivity index (χ1) is 23.2. The molecule has 6 rings (SSSR count). The van der Waals surface area contributed by atoms with Gasteiger partial charge in [-0.15, -0.1) is 9.05 Å². The van der Waals surface area contributed by atoms with Gasteiger partial charge in [0.25, 0.3) is 0 Å². The molecular formula is C24H30N10O10P2S2+2. The van der Waals surface area contributed by atoms with Crippen LogP contribution in [0, 0.1) is 0 Å². The van der Waals surface area contributed by atoms with E-state index in [1.165, 1.54) is 34.4 Å². The molecule has 0 bridgehead atoms. The second-order valence-electron chi connectivity index (χ2n) is 10.4. The molecule has 0 radical (unpaired) electrons. The number of fused-ring (bicyclic) bond motifs is 2. The summed E-state index contributed by atoms with van der Waals surface area (Å²) in [5, 5.41) is 46.8. The van der Waals surface area contributed by atoms with Crippen molar-refractivity contribution in [3.63, 3.8) is 0 Å². The van der Waals surface area contributed by atoms with Crippen molar-refractivity contribution in [3.8, 4) is 0 Å². The minimum Gasteiger partial charge on any atom is -0.394 e. The molecule has 24 heteroatoms. The van der Waals surface area contributed by atoms with Crippen LogP contribution in [0.1, 0.15) is 12.5 Å². The Bertz CT molecular complexity index is 1820. The molecule has 2 fully saturated rings. The Morgan fingerprint density at radius 1 is 0.750 bits per heavy atom. The third kappa shape index (κ3) is 7.02. The first kappa shape index (κ1) is 34.9. The van der Waals surface area contributed by atoms with Gasteiger partial charge in [-0.25, -0.2) is 29.9 Å². The summed E-state index contributed by atoms with van der Waals surface area (Å²) >= 11 is 7.51. The number of rotatable bonds is 14. The molecule has 2 saturated heterocycles. The highest BCUT2D eigenvalue weighted by atomic mass is 32.7. The molecule has 48 heavy (non-hydrogen) atoms. The van der Waals surface area contributed by atoms with E-state index in [-0.39, 0.29) is 0 Å². The van der Waals surface area contributed by atoms with Crippen molar-refractivity contribution in [1.82, 2.24) is 39.0 Å². The van der Waals surface area contributed by atoms with Crippen LogP contribution in [0.4, 0.5) is 11.6 Å². The van der Waals surface area contributed by atoms with Crippen LogP contribution in [0.5, 0.6) is 0 Å². The van der Waals surface area contributed by atoms with E-state index in [0.29, 0.717) is 47.1 Å². The number of hydrogen-bond donors (Lipinski definition) is 8. The molecule has 2 aliphatic rings. The summed E-state index contributed by atoms with van der Waals surface area (Å²) in [5.41, 5.74) is 1.51. The molecule has 20 nitrogen and oxygen atoms in total. The Balaban J connectivity index is 1.08. The average molecular weight is 745 g/mol.